The van der Waals surface area contributed by atoms with Gasteiger partial charge in [0.05, 0.1) is 13.2 Å². The first-order chi connectivity index (χ1) is 15.1. The average Bonchev–Trinajstić information content (AvgIpc) is 2.81. The van der Waals surface area contributed by atoms with Crippen LogP contribution in [0.25, 0.3) is 0 Å². The molecule has 0 bridgehead atoms. The first kappa shape index (κ1) is 25.1. The summed E-state index contributed by atoms with van der Waals surface area (Å²) in [5, 5.41) is 6.79. The number of guanidine groups is 1. The van der Waals surface area contributed by atoms with E-state index in [1.54, 1.807) is 11.9 Å². The van der Waals surface area contributed by atoms with Crippen molar-refractivity contribution in [2.75, 3.05) is 53.5 Å². The fraction of sp³-hybridized carbons (Fsp3) is 0.667. The van der Waals surface area contributed by atoms with Crippen LogP contribution in [0.3, 0.4) is 0 Å². The van der Waals surface area contributed by atoms with Crippen molar-refractivity contribution in [1.29, 1.82) is 0 Å². The summed E-state index contributed by atoms with van der Waals surface area (Å²) >= 11 is 0. The van der Waals surface area contributed by atoms with Gasteiger partial charge >= 0.3 is 0 Å². The van der Waals surface area contributed by atoms with Crippen molar-refractivity contribution in [2.24, 2.45) is 10.9 Å². The lowest BCUT2D eigenvalue weighted by Crippen LogP contribution is -2.53. The third kappa shape index (κ3) is 8.50. The van der Waals surface area contributed by atoms with Gasteiger partial charge in [0.15, 0.2) is 5.96 Å². The van der Waals surface area contributed by atoms with Gasteiger partial charge in [0.2, 0.25) is 5.91 Å². The third-order valence-electron chi connectivity index (χ3n) is 6.13. The van der Waals surface area contributed by atoms with Gasteiger partial charge < -0.3 is 20.3 Å². The molecule has 1 aliphatic heterocycles. The Morgan fingerprint density at radius 1 is 1.16 bits per heavy atom. The van der Waals surface area contributed by atoms with Gasteiger partial charge in [-0.25, -0.2) is 0 Å². The number of carbonyl (C=O) groups excluding carboxylic acids is 1. The molecule has 1 aromatic carbocycles. The van der Waals surface area contributed by atoms with Crippen LogP contribution in [0.1, 0.15) is 38.7 Å². The minimum atomic E-state index is 0.120. The number of benzene rings is 1. The Labute approximate surface area is 188 Å². The molecule has 1 fully saturated rings. The maximum atomic E-state index is 12.5. The molecule has 0 spiro atoms. The van der Waals surface area contributed by atoms with Gasteiger partial charge in [-0.3, -0.25) is 14.7 Å². The molecule has 7 nitrogen and oxygen atoms in total. The molecule has 174 valence electrons. The van der Waals surface area contributed by atoms with Crippen LogP contribution in [-0.4, -0.2) is 81.2 Å². The van der Waals surface area contributed by atoms with Crippen LogP contribution < -0.4 is 10.6 Å². The number of amides is 1. The highest BCUT2D eigenvalue weighted by Gasteiger charge is 2.27. The quantitative estimate of drug-likeness (QED) is 0.416. The maximum Gasteiger partial charge on any atom is 0.224 e. The minimum Gasteiger partial charge on any atom is -0.379 e. The highest BCUT2D eigenvalue weighted by Crippen LogP contribution is 2.19. The number of carbonyl (C=O) groups is 1. The van der Waals surface area contributed by atoms with Crippen molar-refractivity contribution < 1.29 is 9.53 Å². The monoisotopic (exact) mass is 431 g/mol. The Morgan fingerprint density at radius 3 is 2.45 bits per heavy atom. The summed E-state index contributed by atoms with van der Waals surface area (Å²) in [5.74, 6) is 1.51. The van der Waals surface area contributed by atoms with E-state index in [4.69, 9.17) is 4.74 Å². The van der Waals surface area contributed by atoms with E-state index in [9.17, 15) is 4.79 Å². The van der Waals surface area contributed by atoms with Crippen LogP contribution in [0.2, 0.25) is 0 Å². The van der Waals surface area contributed by atoms with E-state index in [1.807, 2.05) is 37.4 Å². The Hall–Kier alpha value is -2.12. The van der Waals surface area contributed by atoms with Gasteiger partial charge in [-0.1, -0.05) is 57.0 Å². The van der Waals surface area contributed by atoms with E-state index in [1.165, 1.54) is 0 Å². The number of hydrogen-bond donors (Lipinski definition) is 2. The fourth-order valence-corrected chi connectivity index (χ4v) is 4.18. The van der Waals surface area contributed by atoms with Gasteiger partial charge in [-0.15, -0.1) is 0 Å². The predicted octanol–water partition coefficient (Wildman–Crippen LogP) is 2.34. The predicted molar refractivity (Wildman–Crippen MR) is 127 cm³/mol. The summed E-state index contributed by atoms with van der Waals surface area (Å²) in [7, 11) is 3.63. The van der Waals surface area contributed by atoms with E-state index in [0.29, 0.717) is 31.5 Å². The number of nitrogens with zero attached hydrogens (tertiary/aromatic N) is 3. The smallest absolute Gasteiger partial charge is 0.224 e. The SMILES string of the molecule is CCC(CC)C(CNC(=NC)NCCC(=O)N(C)Cc1ccccc1)N1CCOCC1. The lowest BCUT2D eigenvalue weighted by molar-refractivity contribution is -0.130. The summed E-state index contributed by atoms with van der Waals surface area (Å²) in [5.41, 5.74) is 1.14. The van der Waals surface area contributed by atoms with Gasteiger partial charge in [0, 0.05) is 59.3 Å². The van der Waals surface area contributed by atoms with E-state index < -0.39 is 0 Å². The molecule has 1 atom stereocenters. The largest absolute Gasteiger partial charge is 0.379 e. The first-order valence-electron chi connectivity index (χ1n) is 11.6. The van der Waals surface area contributed by atoms with Crippen molar-refractivity contribution in [1.82, 2.24) is 20.4 Å². The summed E-state index contributed by atoms with van der Waals surface area (Å²) in [6, 6.07) is 10.5. The molecule has 7 heteroatoms. The van der Waals surface area contributed by atoms with Crippen LogP contribution in [-0.2, 0) is 16.1 Å². The number of nitrogens with one attached hydrogen (secondary N) is 2. The zero-order valence-electron chi connectivity index (χ0n) is 19.8. The van der Waals surface area contributed by atoms with Crippen molar-refractivity contribution in [3.05, 3.63) is 35.9 Å². The number of rotatable bonds is 11. The second kappa shape index (κ2) is 14.0. The van der Waals surface area contributed by atoms with E-state index in [-0.39, 0.29) is 5.91 Å². The van der Waals surface area contributed by atoms with Crippen LogP contribution in [0, 0.1) is 5.92 Å². The van der Waals surface area contributed by atoms with Gasteiger partial charge in [-0.05, 0) is 11.5 Å². The molecule has 31 heavy (non-hydrogen) atoms. The first-order valence-corrected chi connectivity index (χ1v) is 11.6. The molecule has 0 saturated carbocycles. The zero-order valence-corrected chi connectivity index (χ0v) is 19.8. The summed E-state index contributed by atoms with van der Waals surface area (Å²) < 4.78 is 5.54. The van der Waals surface area contributed by atoms with Crippen LogP contribution >= 0.6 is 0 Å². The molecule has 1 aliphatic rings. The lowest BCUT2D eigenvalue weighted by Gasteiger charge is -2.39. The number of ether oxygens (including phenoxy) is 1. The number of morpholine rings is 1. The Bertz CT molecular complexity index is 657. The molecule has 1 aromatic rings. The van der Waals surface area contributed by atoms with Crippen molar-refractivity contribution in [3.63, 3.8) is 0 Å². The topological polar surface area (TPSA) is 69.2 Å². The molecule has 0 aliphatic carbocycles. The number of hydrogen-bond acceptors (Lipinski definition) is 4. The Balaban J connectivity index is 1.78. The Kier molecular flexibility index (Phi) is 11.4. The highest BCUT2D eigenvalue weighted by atomic mass is 16.5. The molecule has 0 radical (unpaired) electrons. The van der Waals surface area contributed by atoms with E-state index >= 15 is 0 Å². The van der Waals surface area contributed by atoms with Gasteiger partial charge in [0.1, 0.15) is 0 Å². The lowest BCUT2D eigenvalue weighted by atomic mass is 9.92. The summed E-state index contributed by atoms with van der Waals surface area (Å²) in [6.45, 7) is 10.2. The molecule has 1 saturated heterocycles. The molecule has 1 amide bonds. The second-order valence-corrected chi connectivity index (χ2v) is 8.16. The molecule has 0 aromatic heterocycles. The highest BCUT2D eigenvalue weighted by molar-refractivity contribution is 5.81. The van der Waals surface area contributed by atoms with Crippen molar-refractivity contribution >= 4 is 11.9 Å². The van der Waals surface area contributed by atoms with Gasteiger partial charge in [-0.2, -0.15) is 0 Å². The summed E-state index contributed by atoms with van der Waals surface area (Å²) in [6.07, 6.45) is 2.76. The van der Waals surface area contributed by atoms with Crippen LogP contribution in [0.4, 0.5) is 0 Å². The van der Waals surface area contributed by atoms with E-state index in [0.717, 1.165) is 57.2 Å². The number of aliphatic imine (C=N–C) groups is 1. The van der Waals surface area contributed by atoms with Crippen molar-refractivity contribution in [3.8, 4) is 0 Å². The second-order valence-electron chi connectivity index (χ2n) is 8.16. The molecular formula is C24H41N5O2. The molecule has 1 heterocycles. The standard InChI is InChI=1S/C24H41N5O2/c1-5-21(6-2)22(29-14-16-31-17-15-29)18-27-24(25-3)26-13-12-23(30)28(4)19-20-10-8-7-9-11-20/h7-11,21-22H,5-6,12-19H2,1-4H3,(H2,25,26,27). The minimum absolute atomic E-state index is 0.120. The molecular weight excluding hydrogens is 390 g/mol. The molecule has 2 N–H and O–H groups in total. The fourth-order valence-electron chi connectivity index (χ4n) is 4.18. The van der Waals surface area contributed by atoms with E-state index in [2.05, 4.69) is 34.4 Å². The average molecular weight is 432 g/mol. The van der Waals surface area contributed by atoms with Crippen molar-refractivity contribution in [2.45, 2.75) is 45.7 Å². The zero-order chi connectivity index (χ0) is 22.5. The normalized spacial score (nSPS) is 16.2. The maximum absolute atomic E-state index is 12.5. The Morgan fingerprint density at radius 2 is 1.84 bits per heavy atom. The van der Waals surface area contributed by atoms with Crippen LogP contribution in [0.15, 0.2) is 35.3 Å². The van der Waals surface area contributed by atoms with Gasteiger partial charge in [0.25, 0.3) is 0 Å². The molecule has 2 rings (SSSR count). The summed E-state index contributed by atoms with van der Waals surface area (Å²) in [4.78, 5) is 21.1. The van der Waals surface area contributed by atoms with Crippen LogP contribution in [0.5, 0.6) is 0 Å². The molecule has 1 unspecified atom stereocenters. The third-order valence-corrected chi connectivity index (χ3v) is 6.13.